The van der Waals surface area contributed by atoms with Crippen LogP contribution < -0.4 is 5.32 Å². The summed E-state index contributed by atoms with van der Waals surface area (Å²) in [5.74, 6) is -1.72. The van der Waals surface area contributed by atoms with Gasteiger partial charge in [-0.3, -0.25) is 9.59 Å². The number of carboxylic acid groups (broad SMARTS) is 1. The Morgan fingerprint density at radius 1 is 1.04 bits per heavy atom. The van der Waals surface area contributed by atoms with Crippen molar-refractivity contribution in [2.24, 2.45) is 0 Å². The SMILES string of the molecule is O=C(O)CNC(=O)c1ccc(S(=O)(=O)N2CC=C(c3ccccc3)CC2)cc1. The van der Waals surface area contributed by atoms with Gasteiger partial charge >= 0.3 is 5.97 Å². The maximum absolute atomic E-state index is 12.8. The molecular weight excluding hydrogens is 380 g/mol. The molecule has 0 aromatic heterocycles. The van der Waals surface area contributed by atoms with Gasteiger partial charge in [0.1, 0.15) is 6.54 Å². The van der Waals surface area contributed by atoms with Crippen molar-refractivity contribution < 1.29 is 23.1 Å². The molecule has 1 aliphatic rings. The molecule has 0 spiro atoms. The lowest BCUT2D eigenvalue weighted by molar-refractivity contribution is -0.135. The van der Waals surface area contributed by atoms with E-state index in [-0.39, 0.29) is 17.0 Å². The molecule has 1 heterocycles. The summed E-state index contributed by atoms with van der Waals surface area (Å²) in [4.78, 5) is 22.4. The number of nitrogens with zero attached hydrogens (tertiary/aromatic N) is 1. The molecule has 28 heavy (non-hydrogen) atoms. The van der Waals surface area contributed by atoms with Crippen molar-refractivity contribution in [3.8, 4) is 0 Å². The standard InChI is InChI=1S/C20H20N2O5S/c23-19(24)14-21-20(25)17-6-8-18(9-7-17)28(26,27)22-12-10-16(11-13-22)15-4-2-1-3-5-15/h1-10H,11-14H2,(H,21,25)(H,23,24). The van der Waals surface area contributed by atoms with Gasteiger partial charge in [0.2, 0.25) is 10.0 Å². The van der Waals surface area contributed by atoms with Crippen molar-refractivity contribution in [3.63, 3.8) is 0 Å². The third-order valence-electron chi connectivity index (χ3n) is 4.47. The first-order chi connectivity index (χ1) is 13.4. The van der Waals surface area contributed by atoms with Gasteiger partial charge in [0, 0.05) is 18.7 Å². The number of rotatable bonds is 6. The van der Waals surface area contributed by atoms with Crippen LogP contribution in [0.15, 0.2) is 65.6 Å². The average Bonchev–Trinajstić information content (AvgIpc) is 2.73. The van der Waals surface area contributed by atoms with Gasteiger partial charge in [-0.2, -0.15) is 4.31 Å². The number of nitrogens with one attached hydrogen (secondary N) is 1. The van der Waals surface area contributed by atoms with Crippen molar-refractivity contribution in [2.75, 3.05) is 19.6 Å². The van der Waals surface area contributed by atoms with Crippen molar-refractivity contribution in [1.82, 2.24) is 9.62 Å². The minimum Gasteiger partial charge on any atom is -0.480 e. The normalized spacial score (nSPS) is 14.9. The molecular formula is C20H20N2O5S. The van der Waals surface area contributed by atoms with Crippen LogP contribution in [0.2, 0.25) is 0 Å². The van der Waals surface area contributed by atoms with Crippen LogP contribution in [0.4, 0.5) is 0 Å². The molecule has 3 rings (SSSR count). The van der Waals surface area contributed by atoms with Crippen LogP contribution >= 0.6 is 0 Å². The number of carboxylic acids is 1. The van der Waals surface area contributed by atoms with Crippen LogP contribution in [0.1, 0.15) is 22.3 Å². The number of sulfonamides is 1. The summed E-state index contributed by atoms with van der Waals surface area (Å²) in [6.45, 7) is 0.167. The molecule has 1 amide bonds. The first kappa shape index (κ1) is 19.8. The first-order valence-corrected chi connectivity index (χ1v) is 10.2. The van der Waals surface area contributed by atoms with Crippen molar-refractivity contribution in [3.05, 3.63) is 71.8 Å². The summed E-state index contributed by atoms with van der Waals surface area (Å²) >= 11 is 0. The molecule has 0 bridgehead atoms. The fourth-order valence-electron chi connectivity index (χ4n) is 2.97. The Morgan fingerprint density at radius 3 is 2.29 bits per heavy atom. The lowest BCUT2D eigenvalue weighted by Crippen LogP contribution is -2.34. The van der Waals surface area contributed by atoms with Crippen molar-refractivity contribution in [1.29, 1.82) is 0 Å². The molecule has 8 heteroatoms. The zero-order valence-electron chi connectivity index (χ0n) is 15.0. The van der Waals surface area contributed by atoms with Gasteiger partial charge in [-0.1, -0.05) is 36.4 Å². The Hall–Kier alpha value is -2.97. The Morgan fingerprint density at radius 2 is 1.71 bits per heavy atom. The fourth-order valence-corrected chi connectivity index (χ4v) is 4.35. The van der Waals surface area contributed by atoms with Gasteiger partial charge in [0.25, 0.3) is 5.91 Å². The number of amides is 1. The van der Waals surface area contributed by atoms with E-state index in [1.54, 1.807) is 0 Å². The predicted molar refractivity (Wildman–Crippen MR) is 104 cm³/mol. The highest BCUT2D eigenvalue weighted by Gasteiger charge is 2.26. The number of carbonyl (C=O) groups excluding carboxylic acids is 1. The zero-order valence-corrected chi connectivity index (χ0v) is 15.9. The number of aliphatic carboxylic acids is 1. The van der Waals surface area contributed by atoms with Gasteiger partial charge in [-0.15, -0.1) is 0 Å². The number of benzene rings is 2. The quantitative estimate of drug-likeness (QED) is 0.772. The minimum absolute atomic E-state index is 0.0962. The maximum Gasteiger partial charge on any atom is 0.322 e. The highest BCUT2D eigenvalue weighted by Crippen LogP contribution is 2.26. The van der Waals surface area contributed by atoms with E-state index in [1.165, 1.54) is 28.6 Å². The molecule has 2 aromatic carbocycles. The van der Waals surface area contributed by atoms with Crippen LogP contribution in [0.3, 0.4) is 0 Å². The van der Waals surface area contributed by atoms with Gasteiger partial charge < -0.3 is 10.4 Å². The topological polar surface area (TPSA) is 104 Å². The molecule has 2 aromatic rings. The Bertz CT molecular complexity index is 999. The fraction of sp³-hybridized carbons (Fsp3) is 0.200. The summed E-state index contributed by atoms with van der Waals surface area (Å²) in [7, 11) is -3.67. The Kier molecular flexibility index (Phi) is 5.91. The predicted octanol–water partition coefficient (Wildman–Crippen LogP) is 1.98. The third kappa shape index (κ3) is 4.47. The molecule has 146 valence electrons. The van der Waals surface area contributed by atoms with E-state index < -0.39 is 28.4 Å². The van der Waals surface area contributed by atoms with E-state index in [0.717, 1.165) is 11.1 Å². The average molecular weight is 400 g/mol. The number of carbonyl (C=O) groups is 2. The summed E-state index contributed by atoms with van der Waals surface area (Å²) in [5.41, 5.74) is 2.42. The van der Waals surface area contributed by atoms with Gasteiger partial charge in [-0.25, -0.2) is 8.42 Å². The van der Waals surface area contributed by atoms with Crippen LogP contribution in [0.5, 0.6) is 0 Å². The molecule has 0 saturated carbocycles. The van der Waals surface area contributed by atoms with E-state index in [9.17, 15) is 18.0 Å². The molecule has 7 nitrogen and oxygen atoms in total. The van der Waals surface area contributed by atoms with Crippen molar-refractivity contribution >= 4 is 27.5 Å². The molecule has 0 unspecified atom stereocenters. The van der Waals surface area contributed by atoms with Gasteiger partial charge in [0.05, 0.1) is 4.90 Å². The molecule has 0 aliphatic carbocycles. The zero-order chi connectivity index (χ0) is 20.1. The Balaban J connectivity index is 1.70. The molecule has 0 radical (unpaired) electrons. The second-order valence-corrected chi connectivity index (χ2v) is 8.25. The largest absolute Gasteiger partial charge is 0.480 e. The smallest absolute Gasteiger partial charge is 0.322 e. The number of hydrogen-bond acceptors (Lipinski definition) is 4. The van der Waals surface area contributed by atoms with E-state index in [2.05, 4.69) is 5.32 Å². The lowest BCUT2D eigenvalue weighted by Gasteiger charge is -2.26. The molecule has 2 N–H and O–H groups in total. The summed E-state index contributed by atoms with van der Waals surface area (Å²) in [6.07, 6.45) is 2.54. The third-order valence-corrected chi connectivity index (χ3v) is 6.35. The molecule has 0 atom stereocenters. The van der Waals surface area contributed by atoms with Gasteiger partial charge in [0.15, 0.2) is 0 Å². The first-order valence-electron chi connectivity index (χ1n) is 8.72. The molecule has 0 saturated heterocycles. The number of hydrogen-bond donors (Lipinski definition) is 2. The highest BCUT2D eigenvalue weighted by atomic mass is 32.2. The summed E-state index contributed by atoms with van der Waals surface area (Å²) < 4.78 is 27.1. The van der Waals surface area contributed by atoms with Crippen LogP contribution in [-0.4, -0.2) is 49.3 Å². The van der Waals surface area contributed by atoms with Crippen molar-refractivity contribution in [2.45, 2.75) is 11.3 Å². The second kappa shape index (κ2) is 8.37. The van der Waals surface area contributed by atoms with E-state index in [1.807, 2.05) is 36.4 Å². The van der Waals surface area contributed by atoms with Crippen LogP contribution in [0.25, 0.3) is 5.57 Å². The molecule has 0 fully saturated rings. The second-order valence-electron chi connectivity index (χ2n) is 6.31. The summed E-state index contributed by atoms with van der Waals surface area (Å²) in [5, 5.41) is 10.8. The molecule has 1 aliphatic heterocycles. The summed E-state index contributed by atoms with van der Waals surface area (Å²) in [6, 6.07) is 15.3. The van der Waals surface area contributed by atoms with E-state index in [0.29, 0.717) is 13.0 Å². The Labute approximate surface area is 163 Å². The maximum atomic E-state index is 12.8. The lowest BCUT2D eigenvalue weighted by atomic mass is 10.0. The minimum atomic E-state index is -3.67. The van der Waals surface area contributed by atoms with E-state index >= 15 is 0 Å². The van der Waals surface area contributed by atoms with Crippen LogP contribution in [0, 0.1) is 0 Å². The van der Waals surface area contributed by atoms with Gasteiger partial charge in [-0.05, 0) is 41.8 Å². The van der Waals surface area contributed by atoms with Crippen LogP contribution in [-0.2, 0) is 14.8 Å². The van der Waals surface area contributed by atoms with E-state index in [4.69, 9.17) is 5.11 Å². The highest BCUT2D eigenvalue weighted by molar-refractivity contribution is 7.89. The monoisotopic (exact) mass is 400 g/mol.